The number of nitrogens with two attached hydrogens (primary N) is 1. The number of tetrazole rings is 1. The number of nitrogen functional groups attached to an aromatic ring is 1. The first-order valence-electron chi connectivity index (χ1n) is 3.88. The van der Waals surface area contributed by atoms with Crippen molar-refractivity contribution < 1.29 is 0 Å². The zero-order valence-corrected chi connectivity index (χ0v) is 7.15. The van der Waals surface area contributed by atoms with Crippen molar-refractivity contribution in [1.82, 2.24) is 20.6 Å². The highest BCUT2D eigenvalue weighted by atomic mass is 15.5. The van der Waals surface area contributed by atoms with E-state index in [1.54, 1.807) is 0 Å². The van der Waals surface area contributed by atoms with Gasteiger partial charge in [0, 0.05) is 11.3 Å². The Bertz CT molecular complexity index is 386. The van der Waals surface area contributed by atoms with Crippen molar-refractivity contribution in [3.63, 3.8) is 0 Å². The third kappa shape index (κ3) is 1.24. The van der Waals surface area contributed by atoms with Crippen LogP contribution in [0.1, 0.15) is 5.56 Å². The number of H-pyrrole nitrogens is 1. The summed E-state index contributed by atoms with van der Waals surface area (Å²) in [5.41, 5.74) is 8.35. The molecule has 5 heteroatoms. The average molecular weight is 175 g/mol. The van der Waals surface area contributed by atoms with Crippen molar-refractivity contribution >= 4 is 5.69 Å². The topological polar surface area (TPSA) is 80.5 Å². The zero-order valence-electron chi connectivity index (χ0n) is 7.15. The second-order valence-corrected chi connectivity index (χ2v) is 2.77. The number of hydrogen-bond acceptors (Lipinski definition) is 4. The number of rotatable bonds is 1. The third-order valence-electron chi connectivity index (χ3n) is 1.87. The van der Waals surface area contributed by atoms with Crippen LogP contribution in [0.3, 0.4) is 0 Å². The predicted molar refractivity (Wildman–Crippen MR) is 48.8 cm³/mol. The van der Waals surface area contributed by atoms with E-state index >= 15 is 0 Å². The summed E-state index contributed by atoms with van der Waals surface area (Å²) in [7, 11) is 0. The van der Waals surface area contributed by atoms with E-state index < -0.39 is 0 Å². The van der Waals surface area contributed by atoms with Gasteiger partial charge >= 0.3 is 0 Å². The van der Waals surface area contributed by atoms with Crippen LogP contribution in [0, 0.1) is 6.92 Å². The fourth-order valence-electron chi connectivity index (χ4n) is 1.26. The van der Waals surface area contributed by atoms with Crippen LogP contribution in [-0.2, 0) is 0 Å². The van der Waals surface area contributed by atoms with Crippen LogP contribution in [0.25, 0.3) is 11.4 Å². The second kappa shape index (κ2) is 2.85. The number of aryl methyl sites for hydroxylation is 1. The molecule has 0 spiro atoms. The van der Waals surface area contributed by atoms with Crippen LogP contribution in [0.5, 0.6) is 0 Å². The first-order chi connectivity index (χ1) is 6.29. The van der Waals surface area contributed by atoms with E-state index in [0.717, 1.165) is 11.1 Å². The number of nitrogens with one attached hydrogen (secondary N) is 1. The summed E-state index contributed by atoms with van der Waals surface area (Å²) in [5.74, 6) is 0.538. The minimum atomic E-state index is 0.538. The van der Waals surface area contributed by atoms with Crippen LogP contribution < -0.4 is 5.73 Å². The van der Waals surface area contributed by atoms with Crippen LogP contribution >= 0.6 is 0 Å². The van der Waals surface area contributed by atoms with Gasteiger partial charge in [0.15, 0.2) is 0 Å². The summed E-state index contributed by atoms with van der Waals surface area (Å²) < 4.78 is 0. The van der Waals surface area contributed by atoms with Gasteiger partial charge in [-0.25, -0.2) is 0 Å². The number of nitrogens with zero attached hydrogens (tertiary/aromatic N) is 3. The van der Waals surface area contributed by atoms with Gasteiger partial charge in [0.25, 0.3) is 0 Å². The van der Waals surface area contributed by atoms with Crippen LogP contribution in [0.4, 0.5) is 5.69 Å². The maximum Gasteiger partial charge on any atom is 0.206 e. The molecule has 0 aliphatic heterocycles. The van der Waals surface area contributed by atoms with Crippen molar-refractivity contribution in [2.75, 3.05) is 5.73 Å². The van der Waals surface area contributed by atoms with E-state index in [-0.39, 0.29) is 0 Å². The molecule has 13 heavy (non-hydrogen) atoms. The summed E-state index contributed by atoms with van der Waals surface area (Å²) in [4.78, 5) is 0. The lowest BCUT2D eigenvalue weighted by molar-refractivity contribution is 0.881. The van der Waals surface area contributed by atoms with Crippen LogP contribution in [-0.4, -0.2) is 20.6 Å². The van der Waals surface area contributed by atoms with Gasteiger partial charge in [0.1, 0.15) is 0 Å². The Morgan fingerprint density at radius 1 is 1.38 bits per heavy atom. The summed E-state index contributed by atoms with van der Waals surface area (Å²) in [5, 5.41) is 13.6. The fraction of sp³-hybridized carbons (Fsp3) is 0.125. The summed E-state index contributed by atoms with van der Waals surface area (Å²) in [6.07, 6.45) is 0. The van der Waals surface area contributed by atoms with E-state index in [1.165, 1.54) is 0 Å². The first kappa shape index (κ1) is 7.72. The molecule has 0 saturated heterocycles. The molecule has 1 aromatic heterocycles. The molecule has 2 aromatic rings. The predicted octanol–water partition coefficient (Wildman–Crippen LogP) is 0.757. The largest absolute Gasteiger partial charge is 0.398 e. The molecule has 66 valence electrons. The Kier molecular flexibility index (Phi) is 1.70. The van der Waals surface area contributed by atoms with Crippen molar-refractivity contribution in [2.24, 2.45) is 0 Å². The molecule has 5 nitrogen and oxygen atoms in total. The van der Waals surface area contributed by atoms with Gasteiger partial charge in [-0.3, -0.25) is 0 Å². The number of aromatic nitrogens is 4. The smallest absolute Gasteiger partial charge is 0.206 e. The number of benzene rings is 1. The maximum atomic E-state index is 5.79. The zero-order chi connectivity index (χ0) is 9.26. The molecule has 0 radical (unpaired) electrons. The molecule has 0 saturated carbocycles. The summed E-state index contributed by atoms with van der Waals surface area (Å²) >= 11 is 0. The Labute approximate surface area is 75.0 Å². The van der Waals surface area contributed by atoms with E-state index in [0.29, 0.717) is 11.5 Å². The molecule has 2 rings (SSSR count). The number of aromatic amines is 1. The molecular formula is C8H9N5. The molecule has 1 heterocycles. The van der Waals surface area contributed by atoms with Crippen molar-refractivity contribution in [2.45, 2.75) is 6.92 Å². The lowest BCUT2D eigenvalue weighted by Gasteiger charge is -2.03. The van der Waals surface area contributed by atoms with Gasteiger partial charge in [-0.1, -0.05) is 12.1 Å². The third-order valence-corrected chi connectivity index (χ3v) is 1.87. The monoisotopic (exact) mass is 175 g/mol. The molecule has 0 fully saturated rings. The van der Waals surface area contributed by atoms with Crippen molar-refractivity contribution in [3.05, 3.63) is 23.8 Å². The normalized spacial score (nSPS) is 10.2. The summed E-state index contributed by atoms with van der Waals surface area (Å²) in [6, 6.07) is 5.68. The Hall–Kier alpha value is -1.91. The Morgan fingerprint density at radius 2 is 2.23 bits per heavy atom. The number of hydrogen-bond donors (Lipinski definition) is 2. The van der Waals surface area contributed by atoms with E-state index in [9.17, 15) is 0 Å². The molecule has 0 unspecified atom stereocenters. The highest BCUT2D eigenvalue weighted by Gasteiger charge is 2.09. The minimum Gasteiger partial charge on any atom is -0.398 e. The molecule has 0 aliphatic carbocycles. The van der Waals surface area contributed by atoms with E-state index in [2.05, 4.69) is 20.6 Å². The van der Waals surface area contributed by atoms with Gasteiger partial charge in [0.05, 0.1) is 0 Å². The minimum absolute atomic E-state index is 0.538. The SMILES string of the molecule is Cc1cccc(N)c1-c1nn[nH]n1. The molecule has 0 bridgehead atoms. The molecule has 3 N–H and O–H groups in total. The van der Waals surface area contributed by atoms with Crippen molar-refractivity contribution in [1.29, 1.82) is 0 Å². The number of anilines is 1. The molecule has 0 atom stereocenters. The van der Waals surface area contributed by atoms with Gasteiger partial charge < -0.3 is 5.73 Å². The Balaban J connectivity index is 2.64. The second-order valence-electron chi connectivity index (χ2n) is 2.77. The van der Waals surface area contributed by atoms with E-state index in [4.69, 9.17) is 5.73 Å². The average Bonchev–Trinajstić information content (AvgIpc) is 2.57. The van der Waals surface area contributed by atoms with E-state index in [1.807, 2.05) is 25.1 Å². The lowest BCUT2D eigenvalue weighted by atomic mass is 10.1. The standard InChI is InChI=1S/C8H9N5/c1-5-3-2-4-6(9)7(5)8-10-12-13-11-8/h2-4H,9H2,1H3,(H,10,11,12,13). The summed E-state index contributed by atoms with van der Waals surface area (Å²) in [6.45, 7) is 1.96. The van der Waals surface area contributed by atoms with Gasteiger partial charge in [0.2, 0.25) is 5.82 Å². The molecular weight excluding hydrogens is 166 g/mol. The Morgan fingerprint density at radius 3 is 2.85 bits per heavy atom. The van der Waals surface area contributed by atoms with Gasteiger partial charge in [-0.2, -0.15) is 5.21 Å². The first-order valence-corrected chi connectivity index (χ1v) is 3.88. The fourth-order valence-corrected chi connectivity index (χ4v) is 1.26. The maximum absolute atomic E-state index is 5.79. The quantitative estimate of drug-likeness (QED) is 0.627. The molecule has 0 amide bonds. The highest BCUT2D eigenvalue weighted by molar-refractivity contribution is 5.74. The van der Waals surface area contributed by atoms with Crippen molar-refractivity contribution in [3.8, 4) is 11.4 Å². The highest BCUT2D eigenvalue weighted by Crippen LogP contribution is 2.24. The van der Waals surface area contributed by atoms with Gasteiger partial charge in [-0.05, 0) is 23.8 Å². The van der Waals surface area contributed by atoms with Gasteiger partial charge in [-0.15, -0.1) is 10.2 Å². The lowest BCUT2D eigenvalue weighted by Crippen LogP contribution is -1.94. The van der Waals surface area contributed by atoms with Crippen LogP contribution in [0.2, 0.25) is 0 Å². The van der Waals surface area contributed by atoms with Crippen LogP contribution in [0.15, 0.2) is 18.2 Å². The molecule has 0 aliphatic rings. The molecule has 1 aromatic carbocycles.